The third-order valence-corrected chi connectivity index (χ3v) is 7.00. The number of ether oxygens (including phenoxy) is 1. The average Bonchev–Trinajstić information content (AvgIpc) is 3.18. The quantitative estimate of drug-likeness (QED) is 0.876. The van der Waals surface area contributed by atoms with Gasteiger partial charge in [0.1, 0.15) is 0 Å². The van der Waals surface area contributed by atoms with Crippen LogP contribution < -0.4 is 5.32 Å². The van der Waals surface area contributed by atoms with Crippen molar-refractivity contribution in [1.29, 1.82) is 0 Å². The average molecular weight is 377 g/mol. The lowest BCUT2D eigenvalue weighted by Gasteiger charge is -2.42. The SMILES string of the molecule is O=C(C1CNCC12COCc1ccccc12)N1CCC(c2ccccc2)CC1. The number of piperidine rings is 1. The first-order valence-electron chi connectivity index (χ1n) is 10.5. The molecule has 5 rings (SSSR count). The largest absolute Gasteiger partial charge is 0.376 e. The van der Waals surface area contributed by atoms with E-state index in [1.165, 1.54) is 16.7 Å². The Hall–Kier alpha value is -2.17. The van der Waals surface area contributed by atoms with E-state index in [9.17, 15) is 4.79 Å². The molecule has 1 amide bonds. The lowest BCUT2D eigenvalue weighted by atomic mass is 9.69. The second-order valence-corrected chi connectivity index (χ2v) is 8.50. The summed E-state index contributed by atoms with van der Waals surface area (Å²) in [6.07, 6.45) is 2.10. The molecule has 2 aromatic carbocycles. The van der Waals surface area contributed by atoms with E-state index in [-0.39, 0.29) is 11.3 Å². The highest BCUT2D eigenvalue weighted by molar-refractivity contribution is 5.82. The molecule has 3 aliphatic heterocycles. The fourth-order valence-electron chi connectivity index (χ4n) is 5.45. The number of benzene rings is 2. The number of nitrogens with one attached hydrogen (secondary N) is 1. The molecule has 0 aromatic heterocycles. The first kappa shape index (κ1) is 17.9. The summed E-state index contributed by atoms with van der Waals surface area (Å²) >= 11 is 0. The van der Waals surface area contributed by atoms with Gasteiger partial charge in [-0.15, -0.1) is 0 Å². The summed E-state index contributed by atoms with van der Waals surface area (Å²) in [6, 6.07) is 19.2. The summed E-state index contributed by atoms with van der Waals surface area (Å²) < 4.78 is 5.97. The molecule has 0 aliphatic carbocycles. The molecule has 3 aliphatic rings. The maximum absolute atomic E-state index is 13.6. The fraction of sp³-hybridized carbons (Fsp3) is 0.458. The number of carbonyl (C=O) groups excluding carboxylic acids is 1. The van der Waals surface area contributed by atoms with Crippen LogP contribution >= 0.6 is 0 Å². The van der Waals surface area contributed by atoms with Gasteiger partial charge >= 0.3 is 0 Å². The summed E-state index contributed by atoms with van der Waals surface area (Å²) in [5, 5.41) is 3.50. The lowest BCUT2D eigenvalue weighted by Crippen LogP contribution is -2.51. The summed E-state index contributed by atoms with van der Waals surface area (Å²) in [5.41, 5.74) is 3.73. The Balaban J connectivity index is 1.34. The number of fused-ring (bicyclic) bond motifs is 2. The highest BCUT2D eigenvalue weighted by atomic mass is 16.5. The van der Waals surface area contributed by atoms with Crippen molar-refractivity contribution in [3.05, 3.63) is 71.3 Å². The predicted molar refractivity (Wildman–Crippen MR) is 109 cm³/mol. The fourth-order valence-corrected chi connectivity index (χ4v) is 5.45. The Morgan fingerprint density at radius 3 is 2.61 bits per heavy atom. The minimum absolute atomic E-state index is 0.0396. The van der Waals surface area contributed by atoms with Crippen LogP contribution in [0.2, 0.25) is 0 Å². The number of amides is 1. The van der Waals surface area contributed by atoms with Gasteiger partial charge in [-0.2, -0.15) is 0 Å². The summed E-state index contributed by atoms with van der Waals surface area (Å²) in [6.45, 7) is 4.56. The zero-order valence-electron chi connectivity index (χ0n) is 16.3. The van der Waals surface area contributed by atoms with E-state index in [4.69, 9.17) is 4.74 Å². The normalized spacial score (nSPS) is 27.7. The minimum atomic E-state index is -0.220. The monoisotopic (exact) mass is 376 g/mol. The van der Waals surface area contributed by atoms with Crippen LogP contribution in [0, 0.1) is 5.92 Å². The van der Waals surface area contributed by atoms with Crippen LogP contribution in [-0.4, -0.2) is 43.6 Å². The molecule has 0 radical (unpaired) electrons. The van der Waals surface area contributed by atoms with Gasteiger partial charge in [0, 0.05) is 31.6 Å². The Morgan fingerprint density at radius 2 is 1.79 bits per heavy atom. The molecule has 4 nitrogen and oxygen atoms in total. The molecule has 1 N–H and O–H groups in total. The van der Waals surface area contributed by atoms with E-state index in [0.717, 1.165) is 39.0 Å². The van der Waals surface area contributed by atoms with E-state index < -0.39 is 0 Å². The second-order valence-electron chi connectivity index (χ2n) is 8.50. The highest BCUT2D eigenvalue weighted by Gasteiger charge is 2.51. The molecule has 0 bridgehead atoms. The number of carbonyl (C=O) groups is 1. The van der Waals surface area contributed by atoms with Crippen molar-refractivity contribution in [3.8, 4) is 0 Å². The van der Waals surface area contributed by atoms with E-state index in [0.29, 0.717) is 25.0 Å². The van der Waals surface area contributed by atoms with Gasteiger partial charge in [-0.3, -0.25) is 4.79 Å². The molecule has 3 heterocycles. The van der Waals surface area contributed by atoms with Crippen LogP contribution in [0.3, 0.4) is 0 Å². The van der Waals surface area contributed by atoms with E-state index >= 15 is 0 Å². The maximum Gasteiger partial charge on any atom is 0.228 e. The zero-order chi connectivity index (χ0) is 19.0. The van der Waals surface area contributed by atoms with E-state index in [1.807, 2.05) is 0 Å². The minimum Gasteiger partial charge on any atom is -0.376 e. The number of hydrogen-bond acceptors (Lipinski definition) is 3. The van der Waals surface area contributed by atoms with Crippen molar-refractivity contribution < 1.29 is 9.53 Å². The van der Waals surface area contributed by atoms with E-state index in [1.54, 1.807) is 0 Å². The van der Waals surface area contributed by atoms with Gasteiger partial charge in [0.15, 0.2) is 0 Å². The molecule has 1 spiro atoms. The Morgan fingerprint density at radius 1 is 1.04 bits per heavy atom. The highest BCUT2D eigenvalue weighted by Crippen LogP contribution is 2.42. The van der Waals surface area contributed by atoms with Crippen molar-refractivity contribution >= 4 is 5.91 Å². The molecule has 2 aromatic rings. The smallest absolute Gasteiger partial charge is 0.228 e. The van der Waals surface area contributed by atoms with Gasteiger partial charge in [-0.25, -0.2) is 0 Å². The third-order valence-electron chi connectivity index (χ3n) is 7.00. The summed E-state index contributed by atoms with van der Waals surface area (Å²) in [7, 11) is 0. The number of rotatable bonds is 2. The molecular formula is C24H28N2O2. The molecule has 146 valence electrons. The van der Waals surface area contributed by atoms with Crippen LogP contribution in [0.15, 0.2) is 54.6 Å². The standard InChI is InChI=1S/C24H28N2O2/c27-23(26-12-10-19(11-13-26)18-6-2-1-3-7-18)22-14-25-16-24(22)17-28-15-20-8-4-5-9-21(20)24/h1-9,19,22,25H,10-17H2. The molecule has 2 fully saturated rings. The van der Waals surface area contributed by atoms with Gasteiger partial charge in [0.2, 0.25) is 5.91 Å². The van der Waals surface area contributed by atoms with Gasteiger partial charge in [-0.1, -0.05) is 54.6 Å². The van der Waals surface area contributed by atoms with Crippen LogP contribution in [-0.2, 0) is 21.6 Å². The molecular weight excluding hydrogens is 348 g/mol. The second kappa shape index (κ2) is 7.34. The zero-order valence-corrected chi connectivity index (χ0v) is 16.3. The number of nitrogens with zero attached hydrogens (tertiary/aromatic N) is 1. The first-order chi connectivity index (χ1) is 13.8. The van der Waals surface area contributed by atoms with Gasteiger partial charge in [0.05, 0.1) is 19.1 Å². The molecule has 2 saturated heterocycles. The van der Waals surface area contributed by atoms with Crippen molar-refractivity contribution in [2.24, 2.45) is 5.92 Å². The maximum atomic E-state index is 13.6. The third kappa shape index (κ3) is 2.96. The summed E-state index contributed by atoms with van der Waals surface area (Å²) in [4.78, 5) is 15.7. The number of likely N-dealkylation sites (tertiary alicyclic amines) is 1. The van der Waals surface area contributed by atoms with E-state index in [2.05, 4.69) is 64.8 Å². The number of hydrogen-bond donors (Lipinski definition) is 1. The van der Waals surface area contributed by atoms with Gasteiger partial charge in [-0.05, 0) is 35.4 Å². The molecule has 0 saturated carbocycles. The van der Waals surface area contributed by atoms with Gasteiger partial charge < -0.3 is 15.0 Å². The van der Waals surface area contributed by atoms with Crippen LogP contribution in [0.1, 0.15) is 35.4 Å². The molecule has 28 heavy (non-hydrogen) atoms. The predicted octanol–water partition coefficient (Wildman–Crippen LogP) is 3.08. The van der Waals surface area contributed by atoms with Crippen molar-refractivity contribution in [2.75, 3.05) is 32.8 Å². The Kier molecular flexibility index (Phi) is 4.69. The molecule has 4 heteroatoms. The molecule has 2 atom stereocenters. The van der Waals surface area contributed by atoms with Crippen LogP contribution in [0.5, 0.6) is 0 Å². The van der Waals surface area contributed by atoms with Crippen LogP contribution in [0.4, 0.5) is 0 Å². The lowest BCUT2D eigenvalue weighted by molar-refractivity contribution is -0.139. The topological polar surface area (TPSA) is 41.6 Å². The summed E-state index contributed by atoms with van der Waals surface area (Å²) in [5.74, 6) is 0.832. The Labute approximate surface area is 166 Å². The van der Waals surface area contributed by atoms with Crippen molar-refractivity contribution in [2.45, 2.75) is 30.8 Å². The molecule has 2 unspecified atom stereocenters. The van der Waals surface area contributed by atoms with Gasteiger partial charge in [0.25, 0.3) is 0 Å². The van der Waals surface area contributed by atoms with Crippen LogP contribution in [0.25, 0.3) is 0 Å². The van der Waals surface area contributed by atoms with Crippen molar-refractivity contribution in [3.63, 3.8) is 0 Å². The van der Waals surface area contributed by atoms with Crippen molar-refractivity contribution in [1.82, 2.24) is 10.2 Å². The first-order valence-corrected chi connectivity index (χ1v) is 10.5. The Bertz CT molecular complexity index is 845.